The summed E-state index contributed by atoms with van der Waals surface area (Å²) in [5.41, 5.74) is 2.20. The van der Waals surface area contributed by atoms with E-state index in [2.05, 4.69) is 37.2 Å². The molecule has 0 bridgehead atoms. The van der Waals surface area contributed by atoms with E-state index in [1.165, 1.54) is 12.8 Å². The first kappa shape index (κ1) is 18.7. The summed E-state index contributed by atoms with van der Waals surface area (Å²) in [7, 11) is 0. The summed E-state index contributed by atoms with van der Waals surface area (Å²) in [4.78, 5) is 26.3. The van der Waals surface area contributed by atoms with Gasteiger partial charge in [0, 0.05) is 32.1 Å². The minimum absolute atomic E-state index is 0.0401. The number of nitrogens with one attached hydrogen (secondary N) is 1. The molecule has 28 heavy (non-hydrogen) atoms. The minimum Gasteiger partial charge on any atom is -0.369 e. The molecule has 0 saturated carbocycles. The Labute approximate surface area is 167 Å². The van der Waals surface area contributed by atoms with Crippen molar-refractivity contribution >= 4 is 17.5 Å². The van der Waals surface area contributed by atoms with Gasteiger partial charge in [-0.2, -0.15) is 0 Å². The summed E-state index contributed by atoms with van der Waals surface area (Å²) < 4.78 is 0. The quantitative estimate of drug-likeness (QED) is 0.865. The van der Waals surface area contributed by atoms with E-state index in [0.717, 1.165) is 56.2 Å². The first-order chi connectivity index (χ1) is 13.7. The Balaban J connectivity index is 1.28. The van der Waals surface area contributed by atoms with Gasteiger partial charge in [0.2, 0.25) is 11.9 Å². The number of rotatable bonds is 5. The van der Waals surface area contributed by atoms with Crippen LogP contribution in [0.4, 0.5) is 11.6 Å². The van der Waals surface area contributed by atoms with Crippen LogP contribution < -0.4 is 15.1 Å². The van der Waals surface area contributed by atoms with E-state index in [-0.39, 0.29) is 17.9 Å². The molecule has 6 nitrogen and oxygen atoms in total. The maximum atomic E-state index is 12.7. The Morgan fingerprint density at radius 3 is 2.29 bits per heavy atom. The Bertz CT molecular complexity index is 765. The molecule has 0 radical (unpaired) electrons. The lowest BCUT2D eigenvalue weighted by Crippen LogP contribution is -2.41. The molecule has 0 aliphatic carbocycles. The number of hydrogen-bond acceptors (Lipinski definition) is 5. The van der Waals surface area contributed by atoms with Crippen molar-refractivity contribution in [3.05, 3.63) is 48.3 Å². The van der Waals surface area contributed by atoms with Crippen molar-refractivity contribution in [2.45, 2.75) is 38.6 Å². The third kappa shape index (κ3) is 4.26. The van der Waals surface area contributed by atoms with E-state index in [4.69, 9.17) is 0 Å². The van der Waals surface area contributed by atoms with Gasteiger partial charge in [-0.25, -0.2) is 9.97 Å². The highest BCUT2D eigenvalue weighted by atomic mass is 16.1. The van der Waals surface area contributed by atoms with Crippen LogP contribution in [0.3, 0.4) is 0 Å². The second-order valence-electron chi connectivity index (χ2n) is 7.84. The van der Waals surface area contributed by atoms with Crippen LogP contribution in [0, 0.1) is 5.92 Å². The zero-order chi connectivity index (χ0) is 19.3. The highest BCUT2D eigenvalue weighted by Crippen LogP contribution is 2.25. The standard InChI is InChI=1S/C22H29N5O/c1-17(18-7-3-2-4-8-18)25-21(28)19-9-13-26(14-10-19)20-15-23-22(24-16-20)27-11-5-6-12-27/h2-4,7-8,15-17,19H,5-6,9-14H2,1H3,(H,25,28). The fraction of sp³-hybridized carbons (Fsp3) is 0.500. The van der Waals surface area contributed by atoms with Gasteiger partial charge >= 0.3 is 0 Å². The number of hydrogen-bond donors (Lipinski definition) is 1. The van der Waals surface area contributed by atoms with Crippen molar-refractivity contribution in [1.29, 1.82) is 0 Å². The molecule has 148 valence electrons. The predicted molar refractivity (Wildman–Crippen MR) is 111 cm³/mol. The molecule has 1 unspecified atom stereocenters. The second-order valence-corrected chi connectivity index (χ2v) is 7.84. The van der Waals surface area contributed by atoms with Crippen LogP contribution in [0.2, 0.25) is 0 Å². The van der Waals surface area contributed by atoms with Crippen molar-refractivity contribution in [2.24, 2.45) is 5.92 Å². The number of piperidine rings is 1. The fourth-order valence-corrected chi connectivity index (χ4v) is 4.11. The molecule has 6 heteroatoms. The Hall–Kier alpha value is -2.63. The molecule has 1 amide bonds. The lowest BCUT2D eigenvalue weighted by molar-refractivity contribution is -0.126. The summed E-state index contributed by atoms with van der Waals surface area (Å²) in [6, 6.07) is 10.2. The second kappa shape index (κ2) is 8.59. The van der Waals surface area contributed by atoms with Crippen molar-refractivity contribution in [3.8, 4) is 0 Å². The number of nitrogens with zero attached hydrogens (tertiary/aromatic N) is 4. The molecule has 4 rings (SSSR count). The molecule has 1 atom stereocenters. The van der Waals surface area contributed by atoms with Crippen LogP contribution in [0.25, 0.3) is 0 Å². The van der Waals surface area contributed by atoms with Gasteiger partial charge in [0.25, 0.3) is 0 Å². The molecule has 2 aliphatic heterocycles. The maximum Gasteiger partial charge on any atom is 0.225 e. The number of benzene rings is 1. The van der Waals surface area contributed by atoms with Crippen molar-refractivity contribution < 1.29 is 4.79 Å². The maximum absolute atomic E-state index is 12.7. The molecule has 1 aromatic heterocycles. The molecule has 2 saturated heterocycles. The zero-order valence-electron chi connectivity index (χ0n) is 16.6. The summed E-state index contributed by atoms with van der Waals surface area (Å²) in [5.74, 6) is 1.08. The van der Waals surface area contributed by atoms with E-state index in [1.807, 2.05) is 37.5 Å². The lowest BCUT2D eigenvalue weighted by Gasteiger charge is -2.33. The molecule has 2 aliphatic rings. The SMILES string of the molecule is CC(NC(=O)C1CCN(c2cnc(N3CCCC3)nc2)CC1)c1ccccc1. The Morgan fingerprint density at radius 2 is 1.64 bits per heavy atom. The van der Waals surface area contributed by atoms with Gasteiger partial charge in [-0.15, -0.1) is 0 Å². The summed E-state index contributed by atoms with van der Waals surface area (Å²) in [5, 5.41) is 3.17. The van der Waals surface area contributed by atoms with Crippen LogP contribution in [-0.2, 0) is 4.79 Å². The molecular formula is C22H29N5O. The van der Waals surface area contributed by atoms with Crippen molar-refractivity contribution in [2.75, 3.05) is 36.0 Å². The largest absolute Gasteiger partial charge is 0.369 e. The first-order valence-electron chi connectivity index (χ1n) is 10.4. The molecular weight excluding hydrogens is 350 g/mol. The van der Waals surface area contributed by atoms with Crippen molar-refractivity contribution in [3.63, 3.8) is 0 Å². The van der Waals surface area contributed by atoms with E-state index < -0.39 is 0 Å². The first-order valence-corrected chi connectivity index (χ1v) is 10.4. The lowest BCUT2D eigenvalue weighted by atomic mass is 9.95. The van der Waals surface area contributed by atoms with Crippen molar-refractivity contribution in [1.82, 2.24) is 15.3 Å². The highest BCUT2D eigenvalue weighted by molar-refractivity contribution is 5.79. The van der Waals surface area contributed by atoms with Crippen LogP contribution in [0.15, 0.2) is 42.7 Å². The van der Waals surface area contributed by atoms with Gasteiger partial charge in [0.05, 0.1) is 24.1 Å². The molecule has 1 aromatic carbocycles. The zero-order valence-corrected chi connectivity index (χ0v) is 16.6. The van der Waals surface area contributed by atoms with Crippen LogP contribution in [0.1, 0.15) is 44.2 Å². The van der Waals surface area contributed by atoms with Crippen LogP contribution in [0.5, 0.6) is 0 Å². The monoisotopic (exact) mass is 379 g/mol. The van der Waals surface area contributed by atoms with Gasteiger partial charge < -0.3 is 15.1 Å². The van der Waals surface area contributed by atoms with E-state index in [0.29, 0.717) is 0 Å². The summed E-state index contributed by atoms with van der Waals surface area (Å²) >= 11 is 0. The van der Waals surface area contributed by atoms with Gasteiger partial charge in [0.15, 0.2) is 0 Å². The summed E-state index contributed by atoms with van der Waals surface area (Å²) in [6.45, 7) is 5.89. The van der Waals surface area contributed by atoms with Gasteiger partial charge in [-0.05, 0) is 38.2 Å². The predicted octanol–water partition coefficient (Wildman–Crippen LogP) is 3.17. The fourth-order valence-electron chi connectivity index (χ4n) is 4.11. The molecule has 2 fully saturated rings. The third-order valence-electron chi connectivity index (χ3n) is 5.90. The average molecular weight is 380 g/mol. The molecule has 0 spiro atoms. The Kier molecular flexibility index (Phi) is 5.74. The molecule has 1 N–H and O–H groups in total. The topological polar surface area (TPSA) is 61.4 Å². The van der Waals surface area contributed by atoms with E-state index in [9.17, 15) is 4.79 Å². The van der Waals surface area contributed by atoms with Gasteiger partial charge in [-0.1, -0.05) is 30.3 Å². The van der Waals surface area contributed by atoms with E-state index >= 15 is 0 Å². The number of aromatic nitrogens is 2. The van der Waals surface area contributed by atoms with E-state index in [1.54, 1.807) is 0 Å². The van der Waals surface area contributed by atoms with Gasteiger partial charge in [0.1, 0.15) is 0 Å². The number of carbonyl (C=O) groups excluding carboxylic acids is 1. The molecule has 2 aromatic rings. The van der Waals surface area contributed by atoms with Gasteiger partial charge in [-0.3, -0.25) is 4.79 Å². The number of amides is 1. The molecule has 3 heterocycles. The summed E-state index contributed by atoms with van der Waals surface area (Å²) in [6.07, 6.45) is 8.03. The average Bonchev–Trinajstić information content (AvgIpc) is 3.29. The number of carbonyl (C=O) groups is 1. The Morgan fingerprint density at radius 1 is 1.00 bits per heavy atom. The third-order valence-corrected chi connectivity index (χ3v) is 5.90. The van der Waals surface area contributed by atoms with Crippen LogP contribution >= 0.6 is 0 Å². The number of anilines is 2. The minimum atomic E-state index is 0.0401. The van der Waals surface area contributed by atoms with Crippen LogP contribution in [-0.4, -0.2) is 42.1 Å². The smallest absolute Gasteiger partial charge is 0.225 e. The normalized spacial score (nSPS) is 18.9. The highest BCUT2D eigenvalue weighted by Gasteiger charge is 2.26.